The van der Waals surface area contributed by atoms with Gasteiger partial charge in [0, 0.05) is 6.42 Å². The molecule has 4 atom stereocenters. The first-order valence-corrected chi connectivity index (χ1v) is 8.19. The molecule has 2 fully saturated rings. The van der Waals surface area contributed by atoms with E-state index in [4.69, 9.17) is 4.74 Å². The van der Waals surface area contributed by atoms with Crippen LogP contribution >= 0.6 is 0 Å². The number of carboxylic acids is 1. The molecule has 0 bridgehead atoms. The summed E-state index contributed by atoms with van der Waals surface area (Å²) < 4.78 is 6.25. The van der Waals surface area contributed by atoms with Gasteiger partial charge in [-0.15, -0.1) is 0 Å². The second-order valence-corrected chi connectivity index (χ2v) is 6.67. The number of carbonyl (C=O) groups is 1. The number of nitrogens with one attached hydrogen (secondary N) is 1. The quantitative estimate of drug-likeness (QED) is 0.814. The summed E-state index contributed by atoms with van der Waals surface area (Å²) in [5.74, 6) is 0.0278. The standard InChI is InChI=1S/C16H29NO3/c1-3-17-16(15(18)19)9-5-8-14(11-16)20-13-7-4-6-12(2)10-13/h12-14,17H,3-11H2,1-2H3,(H,18,19). The Morgan fingerprint density at radius 2 is 2.05 bits per heavy atom. The molecule has 2 N–H and O–H groups in total. The number of hydrogen-bond acceptors (Lipinski definition) is 3. The van der Waals surface area contributed by atoms with Crippen molar-refractivity contribution >= 4 is 5.97 Å². The van der Waals surface area contributed by atoms with Gasteiger partial charge in [-0.25, -0.2) is 0 Å². The first-order chi connectivity index (χ1) is 9.55. The third-order valence-corrected chi connectivity index (χ3v) is 4.90. The lowest BCUT2D eigenvalue weighted by atomic mass is 9.79. The van der Waals surface area contributed by atoms with Gasteiger partial charge in [0.15, 0.2) is 0 Å². The van der Waals surface area contributed by atoms with Gasteiger partial charge < -0.3 is 15.2 Å². The Kier molecular flexibility index (Phi) is 5.44. The monoisotopic (exact) mass is 283 g/mol. The summed E-state index contributed by atoms with van der Waals surface area (Å²) in [6, 6.07) is 0. The van der Waals surface area contributed by atoms with E-state index in [1.54, 1.807) is 0 Å². The summed E-state index contributed by atoms with van der Waals surface area (Å²) >= 11 is 0. The molecule has 0 aromatic carbocycles. The van der Waals surface area contributed by atoms with E-state index in [9.17, 15) is 9.90 Å². The summed E-state index contributed by atoms with van der Waals surface area (Å²) in [6.45, 7) is 4.95. The van der Waals surface area contributed by atoms with Gasteiger partial charge in [-0.3, -0.25) is 4.79 Å². The van der Waals surface area contributed by atoms with E-state index in [0.29, 0.717) is 19.1 Å². The van der Waals surface area contributed by atoms with Gasteiger partial charge in [0.05, 0.1) is 12.2 Å². The van der Waals surface area contributed by atoms with Crippen LogP contribution in [0.2, 0.25) is 0 Å². The average Bonchev–Trinajstić information content (AvgIpc) is 2.39. The number of aliphatic carboxylic acids is 1. The molecule has 0 radical (unpaired) electrons. The number of likely N-dealkylation sites (N-methyl/N-ethyl adjacent to an activating group) is 1. The summed E-state index contributed by atoms with van der Waals surface area (Å²) in [4.78, 5) is 11.6. The molecule has 0 spiro atoms. The van der Waals surface area contributed by atoms with Gasteiger partial charge in [0.1, 0.15) is 5.54 Å². The first kappa shape index (κ1) is 15.8. The Hall–Kier alpha value is -0.610. The molecule has 0 aromatic rings. The van der Waals surface area contributed by atoms with Crippen LogP contribution in [0.3, 0.4) is 0 Å². The third kappa shape index (κ3) is 3.73. The zero-order chi connectivity index (χ0) is 14.6. The van der Waals surface area contributed by atoms with Gasteiger partial charge in [0.2, 0.25) is 0 Å². The Morgan fingerprint density at radius 3 is 2.70 bits per heavy atom. The van der Waals surface area contributed by atoms with Crippen molar-refractivity contribution in [1.29, 1.82) is 0 Å². The molecule has 2 aliphatic rings. The molecule has 0 aromatic heterocycles. The van der Waals surface area contributed by atoms with Gasteiger partial charge in [-0.2, -0.15) is 0 Å². The summed E-state index contributed by atoms with van der Waals surface area (Å²) in [7, 11) is 0. The van der Waals surface area contributed by atoms with Crippen molar-refractivity contribution in [2.45, 2.75) is 83.0 Å². The van der Waals surface area contributed by atoms with E-state index in [-0.39, 0.29) is 6.10 Å². The van der Waals surface area contributed by atoms with Crippen LogP contribution in [-0.4, -0.2) is 35.4 Å². The predicted octanol–water partition coefficient (Wildman–Crippen LogP) is 2.96. The topological polar surface area (TPSA) is 58.6 Å². The molecule has 2 rings (SSSR count). The van der Waals surface area contributed by atoms with Crippen molar-refractivity contribution in [3.05, 3.63) is 0 Å². The predicted molar refractivity (Wildman–Crippen MR) is 78.8 cm³/mol. The normalized spacial score (nSPS) is 38.6. The fourth-order valence-electron chi connectivity index (χ4n) is 3.88. The van der Waals surface area contributed by atoms with E-state index in [1.807, 2.05) is 6.92 Å². The van der Waals surface area contributed by atoms with Crippen molar-refractivity contribution < 1.29 is 14.6 Å². The van der Waals surface area contributed by atoms with E-state index in [1.165, 1.54) is 12.8 Å². The minimum absolute atomic E-state index is 0.106. The highest BCUT2D eigenvalue weighted by Gasteiger charge is 2.43. The van der Waals surface area contributed by atoms with Crippen molar-refractivity contribution in [2.24, 2.45) is 5.92 Å². The zero-order valence-corrected chi connectivity index (χ0v) is 12.9. The maximum Gasteiger partial charge on any atom is 0.323 e. The van der Waals surface area contributed by atoms with Crippen LogP contribution in [0.15, 0.2) is 0 Å². The van der Waals surface area contributed by atoms with Gasteiger partial charge in [-0.1, -0.05) is 26.7 Å². The number of hydrogen-bond donors (Lipinski definition) is 2. The van der Waals surface area contributed by atoms with E-state index >= 15 is 0 Å². The second kappa shape index (κ2) is 6.90. The molecule has 4 heteroatoms. The molecule has 116 valence electrons. The van der Waals surface area contributed by atoms with Crippen LogP contribution in [0, 0.1) is 5.92 Å². The highest BCUT2D eigenvalue weighted by atomic mass is 16.5. The van der Waals surface area contributed by atoms with Crippen molar-refractivity contribution in [2.75, 3.05) is 6.54 Å². The molecule has 0 aliphatic heterocycles. The van der Waals surface area contributed by atoms with Crippen LogP contribution in [0.4, 0.5) is 0 Å². The smallest absolute Gasteiger partial charge is 0.323 e. The highest BCUT2D eigenvalue weighted by molar-refractivity contribution is 5.79. The largest absolute Gasteiger partial charge is 0.480 e. The summed E-state index contributed by atoms with van der Waals surface area (Å²) in [5.41, 5.74) is -0.766. The minimum atomic E-state index is -0.766. The number of rotatable bonds is 5. The second-order valence-electron chi connectivity index (χ2n) is 6.67. The average molecular weight is 283 g/mol. The fraction of sp³-hybridized carbons (Fsp3) is 0.938. The maximum absolute atomic E-state index is 11.6. The van der Waals surface area contributed by atoms with Gasteiger partial charge in [0.25, 0.3) is 0 Å². The van der Waals surface area contributed by atoms with E-state index < -0.39 is 11.5 Å². The van der Waals surface area contributed by atoms with Crippen LogP contribution in [-0.2, 0) is 9.53 Å². The Labute approximate surface area is 122 Å². The molecule has 0 heterocycles. The Balaban J connectivity index is 1.93. The molecule has 20 heavy (non-hydrogen) atoms. The van der Waals surface area contributed by atoms with Crippen LogP contribution in [0.25, 0.3) is 0 Å². The van der Waals surface area contributed by atoms with Crippen LogP contribution in [0.1, 0.15) is 65.2 Å². The molecule has 0 amide bonds. The SMILES string of the molecule is CCNC1(C(=O)O)CCCC(OC2CCCC(C)C2)C1. The summed E-state index contributed by atoms with van der Waals surface area (Å²) in [6.07, 6.45) is 8.55. The molecule has 0 saturated heterocycles. The molecule has 2 aliphatic carbocycles. The number of carboxylic acid groups (broad SMARTS) is 1. The van der Waals surface area contributed by atoms with Crippen molar-refractivity contribution in [3.8, 4) is 0 Å². The Morgan fingerprint density at radius 1 is 1.30 bits per heavy atom. The summed E-state index contributed by atoms with van der Waals surface area (Å²) in [5, 5.41) is 12.8. The van der Waals surface area contributed by atoms with Crippen molar-refractivity contribution in [1.82, 2.24) is 5.32 Å². The van der Waals surface area contributed by atoms with Crippen LogP contribution in [0.5, 0.6) is 0 Å². The highest BCUT2D eigenvalue weighted by Crippen LogP contribution is 2.34. The van der Waals surface area contributed by atoms with E-state index in [2.05, 4.69) is 12.2 Å². The fourth-order valence-corrected chi connectivity index (χ4v) is 3.88. The molecular formula is C16H29NO3. The lowest BCUT2D eigenvalue weighted by molar-refractivity contribution is -0.151. The molecule has 4 nitrogen and oxygen atoms in total. The third-order valence-electron chi connectivity index (χ3n) is 4.90. The van der Waals surface area contributed by atoms with Gasteiger partial charge in [-0.05, 0) is 44.6 Å². The molecule has 2 saturated carbocycles. The lowest BCUT2D eigenvalue weighted by Gasteiger charge is -2.40. The van der Waals surface area contributed by atoms with E-state index in [0.717, 1.165) is 38.0 Å². The molecule has 4 unspecified atom stereocenters. The molecular weight excluding hydrogens is 254 g/mol. The number of ether oxygens (including phenoxy) is 1. The first-order valence-electron chi connectivity index (χ1n) is 8.19. The van der Waals surface area contributed by atoms with Crippen LogP contribution < -0.4 is 5.32 Å². The Bertz CT molecular complexity index is 330. The lowest BCUT2D eigenvalue weighted by Crippen LogP contribution is -2.56. The minimum Gasteiger partial charge on any atom is -0.480 e. The zero-order valence-electron chi connectivity index (χ0n) is 12.9. The van der Waals surface area contributed by atoms with Gasteiger partial charge >= 0.3 is 5.97 Å². The maximum atomic E-state index is 11.6. The van der Waals surface area contributed by atoms with Crippen molar-refractivity contribution in [3.63, 3.8) is 0 Å².